The van der Waals surface area contributed by atoms with Crippen LogP contribution >= 0.6 is 0 Å². The van der Waals surface area contributed by atoms with E-state index in [1.54, 1.807) is 19.2 Å². The van der Waals surface area contributed by atoms with Crippen molar-refractivity contribution < 1.29 is 24.1 Å². The maximum Gasteiger partial charge on any atom is 0.153 e. The van der Waals surface area contributed by atoms with Crippen molar-refractivity contribution in [2.75, 3.05) is 51.9 Å². The second kappa shape index (κ2) is 16.8. The van der Waals surface area contributed by atoms with Crippen LogP contribution in [0.2, 0.25) is 0 Å². The largest absolute Gasteiger partial charge is 0.508 e. The number of hydrogen-bond acceptors (Lipinski definition) is 7. The summed E-state index contributed by atoms with van der Waals surface area (Å²) in [5.74, 6) is 1.76. The molecule has 4 rings (SSSR count). The summed E-state index contributed by atoms with van der Waals surface area (Å²) in [5.41, 5.74) is 2.58. The number of anilines is 1. The zero-order valence-corrected chi connectivity index (χ0v) is 23.6. The number of nitrogens with one attached hydrogen (secondary N) is 1. The van der Waals surface area contributed by atoms with Gasteiger partial charge in [0, 0.05) is 37.8 Å². The van der Waals surface area contributed by atoms with Crippen LogP contribution in [0.15, 0.2) is 84.9 Å². The van der Waals surface area contributed by atoms with E-state index in [0.29, 0.717) is 36.9 Å². The van der Waals surface area contributed by atoms with Crippen LogP contribution in [0.5, 0.6) is 17.2 Å². The molecule has 0 radical (unpaired) electrons. The first-order chi connectivity index (χ1) is 19.5. The summed E-state index contributed by atoms with van der Waals surface area (Å²) in [4.78, 5) is 13.6. The minimum Gasteiger partial charge on any atom is -0.508 e. The van der Waals surface area contributed by atoms with E-state index < -0.39 is 0 Å². The molecule has 4 aromatic rings. The van der Waals surface area contributed by atoms with Crippen LogP contribution in [0.1, 0.15) is 29.3 Å². The van der Waals surface area contributed by atoms with Crippen molar-refractivity contribution in [1.82, 2.24) is 5.32 Å². The molecular formula is C33H40N2O5. The fourth-order valence-corrected chi connectivity index (χ4v) is 4.07. The minimum absolute atomic E-state index is 0.323. The van der Waals surface area contributed by atoms with Gasteiger partial charge in [-0.05, 0) is 53.7 Å². The highest BCUT2D eigenvalue weighted by Gasteiger charge is 2.08. The number of carbonyl (C=O) groups is 1. The lowest BCUT2D eigenvalue weighted by Gasteiger charge is -2.20. The van der Waals surface area contributed by atoms with Crippen molar-refractivity contribution in [3.8, 4) is 17.2 Å². The highest BCUT2D eigenvalue weighted by molar-refractivity contribution is 5.83. The number of nitrogens with zero attached hydrogens (tertiary/aromatic N) is 1. The average molecular weight is 545 g/mol. The molecule has 212 valence electrons. The molecule has 40 heavy (non-hydrogen) atoms. The summed E-state index contributed by atoms with van der Waals surface area (Å²) in [6, 6.07) is 26.8. The van der Waals surface area contributed by atoms with Crippen molar-refractivity contribution >= 4 is 22.7 Å². The molecule has 7 nitrogen and oxygen atoms in total. The van der Waals surface area contributed by atoms with Crippen LogP contribution < -0.4 is 19.7 Å². The van der Waals surface area contributed by atoms with Gasteiger partial charge in [-0.15, -0.1) is 0 Å². The van der Waals surface area contributed by atoms with Crippen LogP contribution in [0.3, 0.4) is 0 Å². The molecule has 0 aliphatic carbocycles. The lowest BCUT2D eigenvalue weighted by atomic mass is 10.1. The third-order valence-electron chi connectivity index (χ3n) is 6.31. The van der Waals surface area contributed by atoms with E-state index in [4.69, 9.17) is 19.3 Å². The van der Waals surface area contributed by atoms with E-state index in [-0.39, 0.29) is 0 Å². The summed E-state index contributed by atoms with van der Waals surface area (Å²) < 4.78 is 16.8. The Morgan fingerprint density at radius 1 is 0.900 bits per heavy atom. The molecule has 4 aromatic carbocycles. The van der Waals surface area contributed by atoms with Gasteiger partial charge in [0.15, 0.2) is 6.29 Å². The fraction of sp³-hybridized carbons (Fsp3) is 0.303. The molecule has 0 unspecified atom stereocenters. The molecule has 7 heteroatoms. The Balaban J connectivity index is 0.000000330. The van der Waals surface area contributed by atoms with Gasteiger partial charge >= 0.3 is 0 Å². The molecule has 0 fully saturated rings. The third kappa shape index (κ3) is 9.59. The quantitative estimate of drug-likeness (QED) is 0.147. The molecule has 0 aromatic heterocycles. The van der Waals surface area contributed by atoms with E-state index in [9.17, 15) is 4.79 Å². The van der Waals surface area contributed by atoms with Gasteiger partial charge in [0.25, 0.3) is 0 Å². The number of hydrogen-bond donors (Lipinski definition) is 2. The number of phenols is 1. The molecule has 0 spiro atoms. The van der Waals surface area contributed by atoms with Crippen LogP contribution in [0, 0.1) is 0 Å². The summed E-state index contributed by atoms with van der Waals surface area (Å²) in [6.07, 6.45) is 1.58. The van der Waals surface area contributed by atoms with E-state index in [1.165, 1.54) is 0 Å². The molecule has 0 amide bonds. The molecule has 0 saturated carbocycles. The standard InChI is InChI=1S/C23H32N2O4.C10H8O/c1-4-24-12-13-25(2)21-10-11-23(20(16-21)17-26)29-15-7-14-28-18-19-8-5-6-9-22(19)27-3;11-10-6-5-8-3-1-2-4-9(8)7-10/h5-6,8-11,16-17,24H,4,7,12-15,18H2,1-3H3;1-7,11H. The number of aromatic hydroxyl groups is 1. The minimum atomic E-state index is 0.323. The predicted molar refractivity (Wildman–Crippen MR) is 162 cm³/mol. The summed E-state index contributed by atoms with van der Waals surface area (Å²) in [6.45, 7) is 6.36. The van der Waals surface area contributed by atoms with E-state index in [1.807, 2.05) is 79.8 Å². The highest BCUT2D eigenvalue weighted by atomic mass is 16.5. The van der Waals surface area contributed by atoms with Crippen LogP contribution in [0.4, 0.5) is 5.69 Å². The van der Waals surface area contributed by atoms with Gasteiger partial charge in [-0.25, -0.2) is 0 Å². The maximum atomic E-state index is 11.5. The summed E-state index contributed by atoms with van der Waals surface area (Å²) in [5, 5.41) is 14.7. The zero-order valence-electron chi connectivity index (χ0n) is 23.6. The second-order valence-corrected chi connectivity index (χ2v) is 9.21. The Labute approximate surface area is 237 Å². The van der Waals surface area contributed by atoms with Gasteiger partial charge in [-0.3, -0.25) is 4.79 Å². The van der Waals surface area contributed by atoms with E-state index in [0.717, 1.165) is 60.1 Å². The van der Waals surface area contributed by atoms with Gasteiger partial charge < -0.3 is 29.5 Å². The van der Waals surface area contributed by atoms with Gasteiger partial charge in [0.1, 0.15) is 17.2 Å². The molecule has 2 N–H and O–H groups in total. The third-order valence-corrected chi connectivity index (χ3v) is 6.31. The molecule has 0 saturated heterocycles. The number of benzene rings is 4. The lowest BCUT2D eigenvalue weighted by Crippen LogP contribution is -2.28. The smallest absolute Gasteiger partial charge is 0.153 e. The first-order valence-electron chi connectivity index (χ1n) is 13.6. The topological polar surface area (TPSA) is 80.3 Å². The first kappa shape index (κ1) is 30.5. The lowest BCUT2D eigenvalue weighted by molar-refractivity contribution is 0.105. The number of methoxy groups -OCH3 is 1. The average Bonchev–Trinajstić information content (AvgIpc) is 2.99. The van der Waals surface area contributed by atoms with Crippen LogP contribution in [-0.4, -0.2) is 58.4 Å². The van der Waals surface area contributed by atoms with Crippen molar-refractivity contribution in [2.24, 2.45) is 0 Å². The monoisotopic (exact) mass is 544 g/mol. The number of ether oxygens (including phenoxy) is 3. The van der Waals surface area contributed by atoms with Gasteiger partial charge in [0.2, 0.25) is 0 Å². The Hall–Kier alpha value is -4.07. The van der Waals surface area contributed by atoms with Crippen molar-refractivity contribution in [3.63, 3.8) is 0 Å². The number of rotatable bonds is 14. The van der Waals surface area contributed by atoms with Gasteiger partial charge in [-0.2, -0.15) is 0 Å². The second-order valence-electron chi connectivity index (χ2n) is 9.21. The van der Waals surface area contributed by atoms with E-state index >= 15 is 0 Å². The molecule has 0 bridgehead atoms. The van der Waals surface area contributed by atoms with Crippen LogP contribution in [0.25, 0.3) is 10.8 Å². The Morgan fingerprint density at radius 2 is 1.68 bits per heavy atom. The number of fused-ring (bicyclic) bond motifs is 1. The Kier molecular flexibility index (Phi) is 12.8. The molecule has 0 atom stereocenters. The normalized spacial score (nSPS) is 10.5. The van der Waals surface area contributed by atoms with Gasteiger partial charge in [0.05, 0.1) is 32.5 Å². The number of phenolic OH excluding ortho intramolecular Hbond substituents is 1. The SMILES string of the molecule is CCNCCN(C)c1ccc(OCCCOCc2ccccc2OC)c(C=O)c1.Oc1ccc2ccccc2c1. The summed E-state index contributed by atoms with van der Waals surface area (Å²) in [7, 11) is 3.67. The number of likely N-dealkylation sites (N-methyl/N-ethyl adjacent to an activating group) is 2. The molecular weight excluding hydrogens is 504 g/mol. The predicted octanol–water partition coefficient (Wildman–Crippen LogP) is 6.08. The number of carbonyl (C=O) groups excluding carboxylic acids is 1. The van der Waals surface area contributed by atoms with Crippen molar-refractivity contribution in [1.29, 1.82) is 0 Å². The maximum absolute atomic E-state index is 11.5. The zero-order chi connectivity index (χ0) is 28.6. The molecule has 0 heterocycles. The Morgan fingerprint density at radius 3 is 2.45 bits per heavy atom. The highest BCUT2D eigenvalue weighted by Crippen LogP contribution is 2.24. The van der Waals surface area contributed by atoms with E-state index in [2.05, 4.69) is 17.1 Å². The Bertz CT molecular complexity index is 1330. The summed E-state index contributed by atoms with van der Waals surface area (Å²) >= 11 is 0. The number of aldehydes is 1. The fourth-order valence-electron chi connectivity index (χ4n) is 4.07. The molecule has 0 aliphatic heterocycles. The van der Waals surface area contributed by atoms with Crippen LogP contribution in [-0.2, 0) is 11.3 Å². The van der Waals surface area contributed by atoms with Gasteiger partial charge in [-0.1, -0.05) is 55.5 Å². The number of para-hydroxylation sites is 1. The van der Waals surface area contributed by atoms with Crippen molar-refractivity contribution in [3.05, 3.63) is 96.1 Å². The molecule has 0 aliphatic rings. The first-order valence-corrected chi connectivity index (χ1v) is 13.6. The van der Waals surface area contributed by atoms with Crippen molar-refractivity contribution in [2.45, 2.75) is 20.0 Å².